The van der Waals surface area contributed by atoms with Crippen LogP contribution in [0.3, 0.4) is 0 Å². The van der Waals surface area contributed by atoms with E-state index in [0.717, 1.165) is 24.5 Å². The van der Waals surface area contributed by atoms with Gasteiger partial charge in [-0.15, -0.1) is 0 Å². The van der Waals surface area contributed by atoms with Crippen molar-refractivity contribution < 1.29 is 4.79 Å². The fourth-order valence-electron chi connectivity index (χ4n) is 4.43. The Hall–Kier alpha value is -2.86. The predicted molar refractivity (Wildman–Crippen MR) is 124 cm³/mol. The van der Waals surface area contributed by atoms with E-state index < -0.39 is 0 Å². The number of hydrogen-bond donors (Lipinski definition) is 1. The van der Waals surface area contributed by atoms with Crippen molar-refractivity contribution in [2.24, 2.45) is 0 Å². The molecule has 1 amide bonds. The molecule has 1 saturated carbocycles. The third-order valence-corrected chi connectivity index (χ3v) is 6.29. The van der Waals surface area contributed by atoms with Crippen LogP contribution in [0, 0.1) is 6.92 Å². The molecular weight excluding hydrogens is 386 g/mol. The zero-order chi connectivity index (χ0) is 21.6. The largest absolute Gasteiger partial charge is 0.352 e. The third kappa shape index (κ3) is 5.07. The summed E-state index contributed by atoms with van der Waals surface area (Å²) in [5.74, 6) is 0.674. The molecule has 1 aliphatic rings. The normalized spacial score (nSPS) is 14.8. The molecule has 1 aliphatic carbocycles. The fraction of sp³-hybridized carbons (Fsp3) is 0.440. The van der Waals surface area contributed by atoms with Gasteiger partial charge in [-0.1, -0.05) is 37.0 Å². The maximum Gasteiger partial charge on any atom is 0.256 e. The minimum atomic E-state index is -0.0811. The lowest BCUT2D eigenvalue weighted by Gasteiger charge is -2.31. The first-order chi connectivity index (χ1) is 15.1. The Morgan fingerprint density at radius 3 is 2.55 bits per heavy atom. The molecule has 1 aromatic carbocycles. The standard InChI is InChI=1S/C25H33N5O/c1-20-11-13-22(14-12-20)30-25(29-17-6-7-18-29)23(19-27-30)24(31)26-15-8-16-28(2)21-9-4-3-5-10-21/h6-7,11-14,17-19,21H,3-5,8-10,15-16H2,1-2H3,(H,26,31). The molecule has 164 valence electrons. The van der Waals surface area contributed by atoms with Crippen LogP contribution in [0.25, 0.3) is 11.5 Å². The second-order valence-corrected chi connectivity index (χ2v) is 8.60. The van der Waals surface area contributed by atoms with Gasteiger partial charge in [-0.25, -0.2) is 4.68 Å². The molecule has 2 heterocycles. The minimum Gasteiger partial charge on any atom is -0.352 e. The number of aryl methyl sites for hydroxylation is 1. The Bertz CT molecular complexity index is 968. The topological polar surface area (TPSA) is 55.1 Å². The van der Waals surface area contributed by atoms with Gasteiger partial charge in [-0.05, 0) is 64.0 Å². The lowest BCUT2D eigenvalue weighted by atomic mass is 9.94. The van der Waals surface area contributed by atoms with E-state index in [1.165, 1.54) is 37.7 Å². The van der Waals surface area contributed by atoms with Crippen LogP contribution >= 0.6 is 0 Å². The maximum absolute atomic E-state index is 13.0. The second-order valence-electron chi connectivity index (χ2n) is 8.60. The quantitative estimate of drug-likeness (QED) is 0.552. The highest BCUT2D eigenvalue weighted by molar-refractivity contribution is 5.97. The molecule has 1 fully saturated rings. The van der Waals surface area contributed by atoms with E-state index in [1.54, 1.807) is 6.20 Å². The average Bonchev–Trinajstić information content (AvgIpc) is 3.47. The molecule has 1 N–H and O–H groups in total. The zero-order valence-corrected chi connectivity index (χ0v) is 18.6. The van der Waals surface area contributed by atoms with Crippen molar-refractivity contribution in [3.63, 3.8) is 0 Å². The van der Waals surface area contributed by atoms with E-state index in [9.17, 15) is 4.79 Å². The number of benzene rings is 1. The molecule has 0 radical (unpaired) electrons. The van der Waals surface area contributed by atoms with E-state index in [-0.39, 0.29) is 5.91 Å². The van der Waals surface area contributed by atoms with Gasteiger partial charge in [0.05, 0.1) is 11.9 Å². The summed E-state index contributed by atoms with van der Waals surface area (Å²) in [4.78, 5) is 15.5. The molecule has 2 aromatic heterocycles. The van der Waals surface area contributed by atoms with Gasteiger partial charge in [0.15, 0.2) is 5.82 Å². The van der Waals surface area contributed by atoms with Crippen molar-refractivity contribution in [1.29, 1.82) is 0 Å². The summed E-state index contributed by atoms with van der Waals surface area (Å²) in [5.41, 5.74) is 2.70. The van der Waals surface area contributed by atoms with Gasteiger partial charge in [0.25, 0.3) is 5.91 Å². The third-order valence-electron chi connectivity index (χ3n) is 6.29. The highest BCUT2D eigenvalue weighted by Crippen LogP contribution is 2.22. The number of hydrogen-bond acceptors (Lipinski definition) is 3. The van der Waals surface area contributed by atoms with E-state index >= 15 is 0 Å². The van der Waals surface area contributed by atoms with Crippen LogP contribution in [0.15, 0.2) is 55.0 Å². The van der Waals surface area contributed by atoms with Crippen LogP contribution in [-0.2, 0) is 0 Å². The first kappa shape index (κ1) is 21.4. The van der Waals surface area contributed by atoms with Gasteiger partial charge >= 0.3 is 0 Å². The molecule has 6 nitrogen and oxygen atoms in total. The number of rotatable bonds is 8. The molecule has 0 spiro atoms. The van der Waals surface area contributed by atoms with E-state index in [1.807, 2.05) is 45.9 Å². The number of nitrogens with one attached hydrogen (secondary N) is 1. The van der Waals surface area contributed by atoms with Gasteiger partial charge < -0.3 is 14.8 Å². The molecule has 4 rings (SSSR count). The minimum absolute atomic E-state index is 0.0811. The van der Waals surface area contributed by atoms with Crippen molar-refractivity contribution in [3.05, 3.63) is 66.1 Å². The SMILES string of the molecule is Cc1ccc(-n2ncc(C(=O)NCCCN(C)C3CCCCC3)c2-n2cccc2)cc1. The van der Waals surface area contributed by atoms with Gasteiger partial charge in [-0.2, -0.15) is 5.10 Å². The summed E-state index contributed by atoms with van der Waals surface area (Å²) in [7, 11) is 2.22. The van der Waals surface area contributed by atoms with Crippen molar-refractivity contribution in [2.75, 3.05) is 20.1 Å². The van der Waals surface area contributed by atoms with Crippen LogP contribution in [0.1, 0.15) is 54.4 Å². The van der Waals surface area contributed by atoms with Crippen molar-refractivity contribution in [1.82, 2.24) is 24.6 Å². The summed E-state index contributed by atoms with van der Waals surface area (Å²) in [5, 5.41) is 7.64. The number of carbonyl (C=O) groups is 1. The first-order valence-electron chi connectivity index (χ1n) is 11.4. The Labute approximate surface area is 184 Å². The number of nitrogens with zero attached hydrogens (tertiary/aromatic N) is 4. The molecule has 3 aromatic rings. The number of aromatic nitrogens is 3. The van der Waals surface area contributed by atoms with E-state index in [2.05, 4.69) is 41.4 Å². The van der Waals surface area contributed by atoms with Crippen LogP contribution in [0.4, 0.5) is 0 Å². The summed E-state index contributed by atoms with van der Waals surface area (Å²) in [6.07, 6.45) is 13.2. The van der Waals surface area contributed by atoms with Gasteiger partial charge in [0.2, 0.25) is 0 Å². The average molecular weight is 420 g/mol. The lowest BCUT2D eigenvalue weighted by molar-refractivity contribution is 0.0950. The highest BCUT2D eigenvalue weighted by atomic mass is 16.1. The van der Waals surface area contributed by atoms with Crippen molar-refractivity contribution in [3.8, 4) is 11.5 Å². The van der Waals surface area contributed by atoms with Gasteiger partial charge in [0.1, 0.15) is 5.56 Å². The van der Waals surface area contributed by atoms with Gasteiger partial charge in [-0.3, -0.25) is 4.79 Å². The highest BCUT2D eigenvalue weighted by Gasteiger charge is 2.20. The Morgan fingerprint density at radius 1 is 1.13 bits per heavy atom. The summed E-state index contributed by atoms with van der Waals surface area (Å²) >= 11 is 0. The van der Waals surface area contributed by atoms with Crippen LogP contribution in [0.5, 0.6) is 0 Å². The maximum atomic E-state index is 13.0. The van der Waals surface area contributed by atoms with Crippen molar-refractivity contribution >= 4 is 5.91 Å². The molecule has 31 heavy (non-hydrogen) atoms. The molecule has 0 unspecified atom stereocenters. The first-order valence-corrected chi connectivity index (χ1v) is 11.4. The van der Waals surface area contributed by atoms with Gasteiger partial charge in [0, 0.05) is 25.0 Å². The van der Waals surface area contributed by atoms with Crippen LogP contribution < -0.4 is 5.32 Å². The predicted octanol–water partition coefficient (Wildman–Crippen LogP) is 4.36. The monoisotopic (exact) mass is 419 g/mol. The fourth-order valence-corrected chi connectivity index (χ4v) is 4.43. The van der Waals surface area contributed by atoms with Crippen molar-refractivity contribution in [2.45, 2.75) is 51.5 Å². The lowest BCUT2D eigenvalue weighted by Crippen LogP contribution is -2.36. The molecule has 0 saturated heterocycles. The molecule has 0 atom stereocenters. The summed E-state index contributed by atoms with van der Waals surface area (Å²) < 4.78 is 3.77. The Balaban J connectivity index is 1.42. The number of carbonyl (C=O) groups excluding carboxylic acids is 1. The second kappa shape index (κ2) is 9.96. The molecule has 0 bridgehead atoms. The summed E-state index contributed by atoms with van der Waals surface area (Å²) in [6, 6.07) is 12.8. The Kier molecular flexibility index (Phi) is 6.87. The Morgan fingerprint density at radius 2 is 1.84 bits per heavy atom. The van der Waals surface area contributed by atoms with Crippen LogP contribution in [-0.4, -0.2) is 51.3 Å². The molecular formula is C25H33N5O. The number of amides is 1. The molecule has 0 aliphatic heterocycles. The smallest absolute Gasteiger partial charge is 0.256 e. The van der Waals surface area contributed by atoms with Crippen LogP contribution in [0.2, 0.25) is 0 Å². The van der Waals surface area contributed by atoms with E-state index in [0.29, 0.717) is 18.2 Å². The molecule has 6 heteroatoms. The van der Waals surface area contributed by atoms with E-state index in [4.69, 9.17) is 0 Å². The zero-order valence-electron chi connectivity index (χ0n) is 18.6. The summed E-state index contributed by atoms with van der Waals surface area (Å²) in [6.45, 7) is 3.74.